The third-order valence-corrected chi connectivity index (χ3v) is 20.1. The van der Waals surface area contributed by atoms with Gasteiger partial charge in [0.05, 0.1) is 13.2 Å². The monoisotopic (exact) mass is 1410 g/mol. The van der Waals surface area contributed by atoms with Gasteiger partial charge in [0.25, 0.3) is 0 Å². The molecule has 0 aromatic heterocycles. The topological polar surface area (TPSA) is 374 Å². The van der Waals surface area contributed by atoms with Crippen LogP contribution >= 0.6 is 7.82 Å². The van der Waals surface area contributed by atoms with Gasteiger partial charge in [-0.3, -0.25) is 23.4 Å². The number of esters is 3. The van der Waals surface area contributed by atoms with E-state index in [1.165, 1.54) is 161 Å². The Balaban J connectivity index is 1.72. The molecule has 18 unspecified atom stereocenters. The quantitative estimate of drug-likeness (QED) is 0.0117. The van der Waals surface area contributed by atoms with Crippen LogP contribution in [0, 0.1) is 0 Å². The van der Waals surface area contributed by atoms with Gasteiger partial charge in [0.1, 0.15) is 98.7 Å². The smallest absolute Gasteiger partial charge is 0.463 e. The van der Waals surface area contributed by atoms with Crippen LogP contribution in [0.3, 0.4) is 0 Å². The highest BCUT2D eigenvalue weighted by atomic mass is 31.2. The lowest BCUT2D eigenvalue weighted by atomic mass is 9.84. The second-order valence-corrected chi connectivity index (χ2v) is 29.1. The summed E-state index contributed by atoms with van der Waals surface area (Å²) in [5.41, 5.74) is 0. The SMILES string of the molecule is CCCCCCCCCCCCCCCCCC(=O)OCC1OC(OC2C(O)C(O)C(O)C(OC3OC(CO)C(O)C(O)C3O)C2OP(=O)(O)OCC(COC(=O)CCCCCCCCCCCCCCCC)OC(=O)CCCCCCCCCCCCCCC)C(O)C(O)C1O. The summed E-state index contributed by atoms with van der Waals surface area (Å²) in [6, 6.07) is 0. The minimum atomic E-state index is -5.69. The van der Waals surface area contributed by atoms with Crippen LogP contribution < -0.4 is 0 Å². The van der Waals surface area contributed by atoms with E-state index in [9.17, 15) is 74.9 Å². The van der Waals surface area contributed by atoms with Gasteiger partial charge in [-0.15, -0.1) is 0 Å². The van der Waals surface area contributed by atoms with E-state index in [2.05, 4.69) is 20.8 Å². The van der Waals surface area contributed by atoms with E-state index < -0.39 is 156 Å². The molecule has 572 valence electrons. The molecule has 3 fully saturated rings. The fourth-order valence-electron chi connectivity index (χ4n) is 12.9. The van der Waals surface area contributed by atoms with Gasteiger partial charge in [0.15, 0.2) is 18.7 Å². The predicted octanol–water partition coefficient (Wildman–Crippen LogP) is 10.6. The summed E-state index contributed by atoms with van der Waals surface area (Å²) in [6.07, 6.45) is 11.6. The Morgan fingerprint density at radius 1 is 0.361 bits per heavy atom. The maximum absolute atomic E-state index is 14.3. The molecule has 24 nitrogen and oxygen atoms in total. The first-order chi connectivity index (χ1) is 46.8. The Bertz CT molecular complexity index is 2010. The number of phosphoric ester groups is 1. The first-order valence-electron chi connectivity index (χ1n) is 38.3. The zero-order valence-corrected chi connectivity index (χ0v) is 60.5. The number of carbonyl (C=O) groups excluding carboxylic acids is 3. The highest BCUT2D eigenvalue weighted by Gasteiger charge is 2.58. The molecule has 3 aliphatic rings. The average molecular weight is 1420 g/mol. The van der Waals surface area contributed by atoms with E-state index in [1.807, 2.05) is 0 Å². The van der Waals surface area contributed by atoms with Crippen molar-refractivity contribution in [3.05, 3.63) is 0 Å². The third-order valence-electron chi connectivity index (χ3n) is 19.1. The zero-order valence-electron chi connectivity index (χ0n) is 59.6. The van der Waals surface area contributed by atoms with Crippen molar-refractivity contribution in [3.63, 3.8) is 0 Å². The summed E-state index contributed by atoms with van der Waals surface area (Å²) < 4.78 is 65.0. The van der Waals surface area contributed by atoms with E-state index in [4.69, 9.17) is 42.2 Å². The van der Waals surface area contributed by atoms with Crippen LogP contribution in [0.5, 0.6) is 0 Å². The van der Waals surface area contributed by atoms with Gasteiger partial charge < -0.3 is 89.1 Å². The summed E-state index contributed by atoms with van der Waals surface area (Å²) in [7, 11) is -5.69. The number of unbranched alkanes of at least 4 members (excludes halogenated alkanes) is 39. The molecule has 3 rings (SSSR count). The van der Waals surface area contributed by atoms with Crippen molar-refractivity contribution < 1.29 is 117 Å². The van der Waals surface area contributed by atoms with Gasteiger partial charge in [-0.2, -0.15) is 0 Å². The standard InChI is InChI=1S/C72H135O24P/c1-4-7-10-13-16-19-22-25-27-30-32-35-38-41-44-47-57(75)89-52-55-60(78)62(80)67(85)72(93-55)95-69-65(83)63(81)64(82)68(94-71-66(84)61(79)59(77)54(49-73)92-71)70(69)96-97(86,87)90-51-53(91-58(76)48-45-42-39-36-33-28-24-21-18-15-12-9-6-3)50-88-56(74)46-43-40-37-34-31-29-26-23-20-17-14-11-8-5-2/h53-55,59-73,77-85H,4-52H2,1-3H3,(H,86,87). The van der Waals surface area contributed by atoms with Crippen LogP contribution in [-0.4, -0.2) is 204 Å². The van der Waals surface area contributed by atoms with Crippen LogP contribution in [0.1, 0.15) is 310 Å². The largest absolute Gasteiger partial charge is 0.472 e. The number of rotatable bonds is 60. The van der Waals surface area contributed by atoms with Crippen molar-refractivity contribution in [1.82, 2.24) is 0 Å². The summed E-state index contributed by atoms with van der Waals surface area (Å²) in [5.74, 6) is -1.97. The first kappa shape index (κ1) is 89.2. The van der Waals surface area contributed by atoms with Crippen LogP contribution in [0.25, 0.3) is 0 Å². The molecule has 2 saturated heterocycles. The number of aliphatic hydroxyl groups is 10. The van der Waals surface area contributed by atoms with Crippen molar-refractivity contribution in [2.75, 3.05) is 26.4 Å². The lowest BCUT2D eigenvalue weighted by Gasteiger charge is -2.49. The number of carbonyl (C=O) groups is 3. The van der Waals surface area contributed by atoms with Crippen molar-refractivity contribution in [3.8, 4) is 0 Å². The Hall–Kier alpha value is -2.04. The molecule has 1 saturated carbocycles. The second kappa shape index (κ2) is 54.6. The summed E-state index contributed by atoms with van der Waals surface area (Å²) in [4.78, 5) is 51.0. The van der Waals surface area contributed by atoms with Crippen molar-refractivity contribution in [1.29, 1.82) is 0 Å². The third kappa shape index (κ3) is 37.8. The molecule has 18 atom stereocenters. The fraction of sp³-hybridized carbons (Fsp3) is 0.958. The normalized spacial score (nSPS) is 27.7. The van der Waals surface area contributed by atoms with Gasteiger partial charge >= 0.3 is 25.7 Å². The number of hydrogen-bond donors (Lipinski definition) is 11. The lowest BCUT2D eigenvalue weighted by Crippen LogP contribution is -2.69. The van der Waals surface area contributed by atoms with Crippen LogP contribution in [0.4, 0.5) is 0 Å². The molecule has 97 heavy (non-hydrogen) atoms. The van der Waals surface area contributed by atoms with E-state index in [0.29, 0.717) is 19.3 Å². The molecular formula is C72H135O24P. The Kier molecular flexibility index (Phi) is 50.2. The van der Waals surface area contributed by atoms with E-state index in [0.717, 1.165) is 89.9 Å². The minimum Gasteiger partial charge on any atom is -0.463 e. The molecule has 0 aromatic carbocycles. The number of aliphatic hydroxyl groups excluding tert-OH is 10. The zero-order chi connectivity index (χ0) is 71.1. The molecule has 0 amide bonds. The number of ether oxygens (including phenoxy) is 7. The molecule has 25 heteroatoms. The number of hydrogen-bond acceptors (Lipinski definition) is 23. The minimum absolute atomic E-state index is 0.0334. The van der Waals surface area contributed by atoms with Crippen molar-refractivity contribution in [2.24, 2.45) is 0 Å². The molecule has 0 radical (unpaired) electrons. The van der Waals surface area contributed by atoms with E-state index in [-0.39, 0.29) is 19.3 Å². The highest BCUT2D eigenvalue weighted by molar-refractivity contribution is 7.47. The maximum Gasteiger partial charge on any atom is 0.472 e. The Morgan fingerprint density at radius 3 is 1.01 bits per heavy atom. The summed E-state index contributed by atoms with van der Waals surface area (Å²) in [5, 5.41) is 110. The Morgan fingerprint density at radius 2 is 0.660 bits per heavy atom. The summed E-state index contributed by atoms with van der Waals surface area (Å²) in [6.45, 7) is 3.47. The molecule has 0 aromatic rings. The van der Waals surface area contributed by atoms with Crippen LogP contribution in [0.2, 0.25) is 0 Å². The summed E-state index contributed by atoms with van der Waals surface area (Å²) >= 11 is 0. The van der Waals surface area contributed by atoms with Crippen molar-refractivity contribution in [2.45, 2.75) is 414 Å². The lowest BCUT2D eigenvalue weighted by molar-refractivity contribution is -0.360. The molecule has 0 spiro atoms. The second-order valence-electron chi connectivity index (χ2n) is 27.7. The van der Waals surface area contributed by atoms with Crippen LogP contribution in [-0.2, 0) is 61.2 Å². The highest BCUT2D eigenvalue weighted by Crippen LogP contribution is 2.49. The van der Waals surface area contributed by atoms with Gasteiger partial charge in [-0.05, 0) is 19.3 Å². The molecule has 2 heterocycles. The van der Waals surface area contributed by atoms with Gasteiger partial charge in [-0.25, -0.2) is 4.57 Å². The molecule has 1 aliphatic carbocycles. The van der Waals surface area contributed by atoms with Gasteiger partial charge in [0.2, 0.25) is 0 Å². The van der Waals surface area contributed by atoms with E-state index >= 15 is 0 Å². The van der Waals surface area contributed by atoms with E-state index in [1.54, 1.807) is 0 Å². The van der Waals surface area contributed by atoms with Crippen molar-refractivity contribution >= 4 is 25.7 Å². The predicted molar refractivity (Wildman–Crippen MR) is 365 cm³/mol. The molecule has 0 bridgehead atoms. The fourth-order valence-corrected chi connectivity index (χ4v) is 13.8. The van der Waals surface area contributed by atoms with Crippen LogP contribution in [0.15, 0.2) is 0 Å². The Labute approximate surface area is 580 Å². The van der Waals surface area contributed by atoms with Gasteiger partial charge in [-0.1, -0.05) is 271 Å². The molecule has 2 aliphatic heterocycles. The average Bonchev–Trinajstić information content (AvgIpc) is 0.764. The maximum atomic E-state index is 14.3. The molecular weight excluding hydrogens is 1280 g/mol. The van der Waals surface area contributed by atoms with Gasteiger partial charge in [0, 0.05) is 19.3 Å². The first-order valence-corrected chi connectivity index (χ1v) is 39.8. The molecule has 11 N–H and O–H groups in total. The number of phosphoric acid groups is 1.